The third-order valence-electron chi connectivity index (χ3n) is 2.96. The average Bonchev–Trinajstić information content (AvgIpc) is 2.58. The number of rotatable bonds is 6. The fraction of sp³-hybridized carbons (Fsp3) is 0.188. The van der Waals surface area contributed by atoms with E-state index in [1.54, 1.807) is 6.07 Å². The van der Waals surface area contributed by atoms with Gasteiger partial charge < -0.3 is 14.2 Å². The zero-order valence-corrected chi connectivity index (χ0v) is 13.1. The van der Waals surface area contributed by atoms with Crippen LogP contribution in [0.5, 0.6) is 11.5 Å². The highest BCUT2D eigenvalue weighted by Gasteiger charge is 2.28. The van der Waals surface area contributed by atoms with E-state index in [0.717, 1.165) is 12.1 Å². The molecule has 0 aliphatic carbocycles. The fourth-order valence-electron chi connectivity index (χ4n) is 1.82. The average molecular weight is 371 g/mol. The number of hydrogen-bond donors (Lipinski definition) is 0. The van der Waals surface area contributed by atoms with Crippen molar-refractivity contribution in [2.75, 3.05) is 6.61 Å². The van der Waals surface area contributed by atoms with Gasteiger partial charge in [0.15, 0.2) is 6.61 Å². The molecule has 0 aliphatic rings. The van der Waals surface area contributed by atoms with E-state index in [4.69, 9.17) is 9.47 Å². The zero-order chi connectivity index (χ0) is 19.2. The van der Waals surface area contributed by atoms with Crippen molar-refractivity contribution in [2.45, 2.75) is 12.8 Å². The van der Waals surface area contributed by atoms with E-state index in [9.17, 15) is 28.1 Å². The van der Waals surface area contributed by atoms with Gasteiger partial charge in [0.05, 0.1) is 4.92 Å². The van der Waals surface area contributed by atoms with Crippen molar-refractivity contribution < 1.29 is 37.1 Å². The summed E-state index contributed by atoms with van der Waals surface area (Å²) in [6.45, 7) is -1.85. The highest BCUT2D eigenvalue weighted by atomic mass is 19.4. The standard InChI is InChI=1S/C16H12F3NO6/c17-16(18,19)10-25-14-4-2-1-3-11(14)9-24-15(21)26-13-7-5-12(6-8-13)20(22)23/h1-8H,9-10H2. The van der Waals surface area contributed by atoms with E-state index in [1.165, 1.54) is 30.3 Å². The third kappa shape index (κ3) is 5.96. The number of benzene rings is 2. The largest absolute Gasteiger partial charge is 0.514 e. The minimum Gasteiger partial charge on any atom is -0.484 e. The predicted molar refractivity (Wildman–Crippen MR) is 81.9 cm³/mol. The van der Waals surface area contributed by atoms with Gasteiger partial charge in [0, 0.05) is 17.7 Å². The second-order valence-electron chi connectivity index (χ2n) is 4.90. The molecule has 0 amide bonds. The molecule has 26 heavy (non-hydrogen) atoms. The molecule has 0 N–H and O–H groups in total. The summed E-state index contributed by atoms with van der Waals surface area (Å²) in [7, 11) is 0. The summed E-state index contributed by atoms with van der Waals surface area (Å²) in [5.74, 6) is -0.0600. The summed E-state index contributed by atoms with van der Waals surface area (Å²) in [6.07, 6.45) is -5.62. The summed E-state index contributed by atoms with van der Waals surface area (Å²) >= 11 is 0. The van der Waals surface area contributed by atoms with Gasteiger partial charge in [-0.3, -0.25) is 10.1 Å². The molecular formula is C16H12F3NO6. The highest BCUT2D eigenvalue weighted by Crippen LogP contribution is 2.23. The Kier molecular flexibility index (Phi) is 5.99. The Hall–Kier alpha value is -3.30. The molecule has 138 valence electrons. The molecule has 0 aromatic heterocycles. The van der Waals surface area contributed by atoms with Gasteiger partial charge in [-0.1, -0.05) is 18.2 Å². The highest BCUT2D eigenvalue weighted by molar-refractivity contribution is 5.64. The Labute approximate surface area is 145 Å². The van der Waals surface area contributed by atoms with Gasteiger partial charge in [-0.05, 0) is 18.2 Å². The number of alkyl halides is 3. The number of para-hydroxylation sites is 1. The van der Waals surface area contributed by atoms with E-state index in [2.05, 4.69) is 4.74 Å². The van der Waals surface area contributed by atoms with E-state index in [1.807, 2.05) is 0 Å². The van der Waals surface area contributed by atoms with Crippen molar-refractivity contribution >= 4 is 11.8 Å². The first-order valence-corrected chi connectivity index (χ1v) is 7.11. The lowest BCUT2D eigenvalue weighted by atomic mass is 10.2. The van der Waals surface area contributed by atoms with Crippen molar-refractivity contribution in [3.05, 3.63) is 64.2 Å². The molecule has 2 aromatic carbocycles. The Morgan fingerprint density at radius 2 is 1.73 bits per heavy atom. The maximum atomic E-state index is 12.2. The molecule has 2 rings (SSSR count). The molecular weight excluding hydrogens is 359 g/mol. The van der Waals surface area contributed by atoms with Crippen LogP contribution in [0.2, 0.25) is 0 Å². The number of nitro benzene ring substituents is 1. The maximum absolute atomic E-state index is 12.2. The first-order valence-electron chi connectivity index (χ1n) is 7.11. The second-order valence-corrected chi connectivity index (χ2v) is 4.90. The summed E-state index contributed by atoms with van der Waals surface area (Å²) in [5, 5.41) is 10.5. The van der Waals surface area contributed by atoms with Crippen LogP contribution in [-0.4, -0.2) is 23.9 Å². The van der Waals surface area contributed by atoms with Crippen LogP contribution in [0.4, 0.5) is 23.7 Å². The molecule has 10 heteroatoms. The van der Waals surface area contributed by atoms with Crippen LogP contribution in [0.3, 0.4) is 0 Å². The van der Waals surface area contributed by atoms with Crippen molar-refractivity contribution in [3.8, 4) is 11.5 Å². The minimum absolute atomic E-state index is 0.0159. The van der Waals surface area contributed by atoms with Crippen molar-refractivity contribution in [2.24, 2.45) is 0 Å². The predicted octanol–water partition coefficient (Wildman–Crippen LogP) is 4.25. The molecule has 0 aliphatic heterocycles. The number of carbonyl (C=O) groups excluding carboxylic acids is 1. The molecule has 7 nitrogen and oxygen atoms in total. The SMILES string of the molecule is O=C(OCc1ccccc1OCC(F)(F)F)Oc1ccc([N+](=O)[O-])cc1. The van der Waals surface area contributed by atoms with Crippen molar-refractivity contribution in [3.63, 3.8) is 0 Å². The molecule has 0 heterocycles. The molecule has 0 saturated carbocycles. The van der Waals surface area contributed by atoms with Crippen LogP contribution < -0.4 is 9.47 Å². The second kappa shape index (κ2) is 8.19. The topological polar surface area (TPSA) is 87.9 Å². The van der Waals surface area contributed by atoms with Gasteiger partial charge in [0.2, 0.25) is 0 Å². The lowest BCUT2D eigenvalue weighted by Crippen LogP contribution is -2.20. The summed E-state index contributed by atoms with van der Waals surface area (Å²) in [5.41, 5.74) is 0.0406. The number of non-ortho nitro benzene ring substituents is 1. The lowest BCUT2D eigenvalue weighted by Gasteiger charge is -2.13. The number of nitrogens with zero attached hydrogens (tertiary/aromatic N) is 1. The number of halogens is 3. The molecule has 0 unspecified atom stereocenters. The quantitative estimate of drug-likeness (QED) is 0.326. The van der Waals surface area contributed by atoms with E-state index < -0.39 is 23.9 Å². The van der Waals surface area contributed by atoms with Crippen LogP contribution in [0, 0.1) is 10.1 Å². The van der Waals surface area contributed by atoms with Crippen LogP contribution in [0.25, 0.3) is 0 Å². The van der Waals surface area contributed by atoms with Crippen molar-refractivity contribution in [1.82, 2.24) is 0 Å². The van der Waals surface area contributed by atoms with E-state index >= 15 is 0 Å². The number of ether oxygens (including phenoxy) is 3. The van der Waals surface area contributed by atoms with Crippen LogP contribution in [-0.2, 0) is 11.3 Å². The first kappa shape index (κ1) is 19.0. The molecule has 0 atom stereocenters. The zero-order valence-electron chi connectivity index (χ0n) is 13.1. The summed E-state index contributed by atoms with van der Waals surface area (Å²) < 4.78 is 51.0. The van der Waals surface area contributed by atoms with E-state index in [-0.39, 0.29) is 29.4 Å². The molecule has 0 spiro atoms. The Morgan fingerprint density at radius 3 is 2.35 bits per heavy atom. The van der Waals surface area contributed by atoms with Crippen LogP contribution in [0.1, 0.15) is 5.56 Å². The smallest absolute Gasteiger partial charge is 0.484 e. The van der Waals surface area contributed by atoms with Crippen LogP contribution >= 0.6 is 0 Å². The Balaban J connectivity index is 1.92. The Bertz CT molecular complexity index is 776. The Morgan fingerprint density at radius 1 is 1.08 bits per heavy atom. The normalized spacial score (nSPS) is 10.9. The fourth-order valence-corrected chi connectivity index (χ4v) is 1.82. The molecule has 0 fully saturated rings. The lowest BCUT2D eigenvalue weighted by molar-refractivity contribution is -0.384. The molecule has 2 aromatic rings. The van der Waals surface area contributed by atoms with Gasteiger partial charge in [0.25, 0.3) is 5.69 Å². The maximum Gasteiger partial charge on any atom is 0.514 e. The van der Waals surface area contributed by atoms with Gasteiger partial charge in [-0.2, -0.15) is 13.2 Å². The summed E-state index contributed by atoms with van der Waals surface area (Å²) in [4.78, 5) is 21.6. The number of hydrogen-bond acceptors (Lipinski definition) is 6. The van der Waals surface area contributed by atoms with Gasteiger partial charge >= 0.3 is 12.3 Å². The molecule has 0 radical (unpaired) electrons. The van der Waals surface area contributed by atoms with Crippen LogP contribution in [0.15, 0.2) is 48.5 Å². The molecule has 0 saturated heterocycles. The van der Waals surface area contributed by atoms with Crippen molar-refractivity contribution in [1.29, 1.82) is 0 Å². The van der Waals surface area contributed by atoms with Gasteiger partial charge in [-0.15, -0.1) is 0 Å². The third-order valence-corrected chi connectivity index (χ3v) is 2.96. The van der Waals surface area contributed by atoms with E-state index in [0.29, 0.717) is 0 Å². The molecule has 0 bridgehead atoms. The minimum atomic E-state index is -4.50. The number of carbonyl (C=O) groups is 1. The first-order chi connectivity index (χ1) is 12.2. The monoisotopic (exact) mass is 371 g/mol. The summed E-state index contributed by atoms with van der Waals surface area (Å²) in [6, 6.07) is 10.5. The number of nitro groups is 1. The van der Waals surface area contributed by atoms with Gasteiger partial charge in [-0.25, -0.2) is 4.79 Å². The van der Waals surface area contributed by atoms with Gasteiger partial charge in [0.1, 0.15) is 18.1 Å².